The van der Waals surface area contributed by atoms with Crippen molar-refractivity contribution in [3.05, 3.63) is 39.9 Å². The van der Waals surface area contributed by atoms with E-state index < -0.39 is 0 Å². The number of nitrogens with one attached hydrogen (secondary N) is 1. The lowest BCUT2D eigenvalue weighted by Crippen LogP contribution is -2.23. The molecule has 1 heterocycles. The molecule has 0 aliphatic rings. The van der Waals surface area contributed by atoms with E-state index in [1.807, 2.05) is 5.38 Å². The molecule has 5 heteroatoms. The maximum Gasteiger partial charge on any atom is 0.122 e. The zero-order chi connectivity index (χ0) is 13.8. The van der Waals surface area contributed by atoms with Gasteiger partial charge in [0.05, 0.1) is 18.8 Å². The average molecular weight is 277 g/mol. The van der Waals surface area contributed by atoms with Crippen molar-refractivity contribution in [1.82, 2.24) is 14.9 Å². The zero-order valence-corrected chi connectivity index (χ0v) is 12.5. The first-order chi connectivity index (χ1) is 9.17. The highest BCUT2D eigenvalue weighted by Gasteiger charge is 2.19. The number of methoxy groups -OCH3 is 1. The molecule has 1 N–H and O–H groups in total. The Morgan fingerprint density at radius 2 is 2.11 bits per heavy atom. The van der Waals surface area contributed by atoms with Gasteiger partial charge < -0.3 is 10.1 Å². The number of rotatable bonds is 5. The fourth-order valence-electron chi connectivity index (χ4n) is 2.22. The third-order valence-corrected chi connectivity index (χ3v) is 3.70. The molecule has 0 fully saturated rings. The predicted molar refractivity (Wildman–Crippen MR) is 77.9 cm³/mol. The fourth-order valence-corrected chi connectivity index (χ4v) is 2.70. The summed E-state index contributed by atoms with van der Waals surface area (Å²) >= 11 is 1.38. The molecule has 1 aromatic heterocycles. The third-order valence-electron chi connectivity index (χ3n) is 3.18. The van der Waals surface area contributed by atoms with Gasteiger partial charge in [-0.2, -0.15) is 0 Å². The van der Waals surface area contributed by atoms with Gasteiger partial charge in [-0.25, -0.2) is 0 Å². The summed E-state index contributed by atoms with van der Waals surface area (Å²) in [7, 11) is 1.70. The second-order valence-electron chi connectivity index (χ2n) is 4.50. The van der Waals surface area contributed by atoms with E-state index >= 15 is 0 Å². The molecule has 0 bridgehead atoms. The van der Waals surface area contributed by atoms with Crippen LogP contribution in [0.3, 0.4) is 0 Å². The molecule has 2 rings (SSSR count). The van der Waals surface area contributed by atoms with Gasteiger partial charge >= 0.3 is 0 Å². The number of aryl methyl sites for hydroxylation is 2. The minimum atomic E-state index is 0.0911. The van der Waals surface area contributed by atoms with E-state index in [2.05, 4.69) is 47.8 Å². The number of aromatic nitrogens is 2. The quantitative estimate of drug-likeness (QED) is 0.913. The molecule has 1 atom stereocenters. The molecule has 0 aliphatic heterocycles. The third kappa shape index (κ3) is 2.93. The van der Waals surface area contributed by atoms with Gasteiger partial charge in [0.15, 0.2) is 0 Å². The largest absolute Gasteiger partial charge is 0.496 e. The molecule has 0 aliphatic carbocycles. The van der Waals surface area contributed by atoms with Gasteiger partial charge in [-0.05, 0) is 54.7 Å². The molecule has 0 saturated carbocycles. The molecule has 0 radical (unpaired) electrons. The van der Waals surface area contributed by atoms with Gasteiger partial charge in [0.1, 0.15) is 5.75 Å². The van der Waals surface area contributed by atoms with Gasteiger partial charge in [0, 0.05) is 5.38 Å². The molecule has 0 saturated heterocycles. The van der Waals surface area contributed by atoms with Crippen LogP contribution in [0.5, 0.6) is 5.75 Å². The van der Waals surface area contributed by atoms with E-state index in [1.165, 1.54) is 22.7 Å². The van der Waals surface area contributed by atoms with Crippen LogP contribution in [0, 0.1) is 13.8 Å². The molecule has 0 spiro atoms. The summed E-state index contributed by atoms with van der Waals surface area (Å²) < 4.78 is 9.33. The van der Waals surface area contributed by atoms with Gasteiger partial charge in [0.2, 0.25) is 0 Å². The monoisotopic (exact) mass is 277 g/mol. The topological polar surface area (TPSA) is 47.0 Å². The molecule has 4 nitrogen and oxygen atoms in total. The highest BCUT2D eigenvalue weighted by molar-refractivity contribution is 7.03. The molecule has 2 aromatic rings. The Balaban J connectivity index is 2.45. The Hall–Kier alpha value is -1.46. The van der Waals surface area contributed by atoms with Crippen molar-refractivity contribution >= 4 is 11.5 Å². The maximum absolute atomic E-state index is 5.36. The van der Waals surface area contributed by atoms with E-state index in [4.69, 9.17) is 4.74 Å². The maximum atomic E-state index is 5.36. The predicted octanol–water partition coefficient (Wildman–Crippen LogP) is 2.86. The van der Waals surface area contributed by atoms with Crippen molar-refractivity contribution < 1.29 is 4.74 Å². The van der Waals surface area contributed by atoms with Crippen molar-refractivity contribution in [1.29, 1.82) is 0 Å². The minimum Gasteiger partial charge on any atom is -0.496 e. The second kappa shape index (κ2) is 6.12. The molecular weight excluding hydrogens is 258 g/mol. The Morgan fingerprint density at radius 3 is 2.68 bits per heavy atom. The highest BCUT2D eigenvalue weighted by atomic mass is 32.1. The van der Waals surface area contributed by atoms with Crippen LogP contribution in [0.2, 0.25) is 0 Å². The van der Waals surface area contributed by atoms with Gasteiger partial charge in [-0.1, -0.05) is 17.5 Å². The SMILES string of the molecule is CCNC(c1csnn1)c1cc(C)c(OC)cc1C. The number of benzene rings is 1. The summed E-state index contributed by atoms with van der Waals surface area (Å²) in [5.41, 5.74) is 4.53. The summed E-state index contributed by atoms with van der Waals surface area (Å²) in [5.74, 6) is 0.924. The van der Waals surface area contributed by atoms with Crippen LogP contribution >= 0.6 is 11.5 Å². The lowest BCUT2D eigenvalue weighted by atomic mass is 9.96. The molecule has 0 amide bonds. The van der Waals surface area contributed by atoms with Crippen molar-refractivity contribution in [2.75, 3.05) is 13.7 Å². The Labute approximate surface area is 118 Å². The highest BCUT2D eigenvalue weighted by Crippen LogP contribution is 2.29. The first kappa shape index (κ1) is 14.0. The Kier molecular flexibility index (Phi) is 4.50. The number of ether oxygens (including phenoxy) is 1. The van der Waals surface area contributed by atoms with E-state index in [1.54, 1.807) is 7.11 Å². The molecule has 102 valence electrons. The average Bonchev–Trinajstić information content (AvgIpc) is 2.92. The summed E-state index contributed by atoms with van der Waals surface area (Å²) in [6.45, 7) is 7.14. The van der Waals surface area contributed by atoms with E-state index in [-0.39, 0.29) is 6.04 Å². The molecule has 1 unspecified atom stereocenters. The molecular formula is C14H19N3OS. The number of hydrogen-bond acceptors (Lipinski definition) is 5. The van der Waals surface area contributed by atoms with Crippen molar-refractivity contribution in [2.24, 2.45) is 0 Å². The lowest BCUT2D eigenvalue weighted by molar-refractivity contribution is 0.411. The first-order valence-corrected chi connectivity index (χ1v) is 7.16. The summed E-state index contributed by atoms with van der Waals surface area (Å²) in [4.78, 5) is 0. The van der Waals surface area contributed by atoms with E-state index in [0.717, 1.165) is 23.6 Å². The van der Waals surface area contributed by atoms with Crippen molar-refractivity contribution in [2.45, 2.75) is 26.8 Å². The Morgan fingerprint density at radius 1 is 1.32 bits per heavy atom. The lowest BCUT2D eigenvalue weighted by Gasteiger charge is -2.20. The van der Waals surface area contributed by atoms with Crippen LogP contribution in [-0.2, 0) is 0 Å². The second-order valence-corrected chi connectivity index (χ2v) is 5.11. The first-order valence-electron chi connectivity index (χ1n) is 6.32. The smallest absolute Gasteiger partial charge is 0.122 e. The summed E-state index contributed by atoms with van der Waals surface area (Å²) in [6.07, 6.45) is 0. The number of hydrogen-bond donors (Lipinski definition) is 1. The Bertz CT molecular complexity index is 540. The van der Waals surface area contributed by atoms with Crippen LogP contribution in [-0.4, -0.2) is 23.2 Å². The van der Waals surface area contributed by atoms with E-state index in [9.17, 15) is 0 Å². The normalized spacial score (nSPS) is 12.4. The summed E-state index contributed by atoms with van der Waals surface area (Å²) in [6, 6.07) is 4.34. The van der Waals surface area contributed by atoms with E-state index in [0.29, 0.717) is 0 Å². The van der Waals surface area contributed by atoms with Crippen LogP contribution in [0.15, 0.2) is 17.5 Å². The number of nitrogens with zero attached hydrogens (tertiary/aromatic N) is 2. The fraction of sp³-hybridized carbons (Fsp3) is 0.429. The standard InChI is InChI=1S/C14H19N3OS/c1-5-15-14(12-8-19-17-16-12)11-6-10(3)13(18-4)7-9(11)2/h6-8,14-15H,5H2,1-4H3. The zero-order valence-electron chi connectivity index (χ0n) is 11.7. The van der Waals surface area contributed by atoms with Crippen LogP contribution in [0.4, 0.5) is 0 Å². The van der Waals surface area contributed by atoms with Gasteiger partial charge in [-0.3, -0.25) is 0 Å². The van der Waals surface area contributed by atoms with Crippen LogP contribution in [0.1, 0.15) is 35.3 Å². The summed E-state index contributed by atoms with van der Waals surface area (Å²) in [5, 5.41) is 9.66. The minimum absolute atomic E-state index is 0.0911. The van der Waals surface area contributed by atoms with Crippen molar-refractivity contribution in [3.8, 4) is 5.75 Å². The van der Waals surface area contributed by atoms with Gasteiger partial charge in [-0.15, -0.1) is 5.10 Å². The van der Waals surface area contributed by atoms with Crippen molar-refractivity contribution in [3.63, 3.8) is 0 Å². The van der Waals surface area contributed by atoms with Crippen LogP contribution in [0.25, 0.3) is 0 Å². The van der Waals surface area contributed by atoms with Crippen LogP contribution < -0.4 is 10.1 Å². The molecule has 19 heavy (non-hydrogen) atoms. The van der Waals surface area contributed by atoms with Gasteiger partial charge in [0.25, 0.3) is 0 Å². The molecule has 1 aromatic carbocycles.